The number of oxazole rings is 1. The van der Waals surface area contributed by atoms with Gasteiger partial charge in [-0.05, 0) is 58.3 Å². The number of likely N-dealkylation sites (N-methyl/N-ethyl adjacent to an activating group) is 1. The first kappa shape index (κ1) is 29.0. The summed E-state index contributed by atoms with van der Waals surface area (Å²) in [5, 5.41) is 0.995. The van der Waals surface area contributed by atoms with Gasteiger partial charge in [-0.25, -0.2) is 4.98 Å². The Hall–Kier alpha value is -3.26. The van der Waals surface area contributed by atoms with Gasteiger partial charge in [0, 0.05) is 26.3 Å². The predicted octanol–water partition coefficient (Wildman–Crippen LogP) is 4.48. The molecular weight excluding hydrogens is 456 g/mol. The Morgan fingerprint density at radius 3 is 2.39 bits per heavy atom. The van der Waals surface area contributed by atoms with Gasteiger partial charge in [0.15, 0.2) is 11.7 Å². The summed E-state index contributed by atoms with van der Waals surface area (Å²) in [4.78, 5) is 40.7. The molecule has 3 rings (SSSR count). The first-order chi connectivity index (χ1) is 17.0. The fraction of sp³-hybridized carbons (Fsp3) is 0.500. The second-order valence-electron chi connectivity index (χ2n) is 9.72. The molecular formula is C28H40N4O4. The molecule has 2 N–H and O–H groups in total. The van der Waals surface area contributed by atoms with E-state index < -0.39 is 5.54 Å². The summed E-state index contributed by atoms with van der Waals surface area (Å²) in [6.45, 7) is 5.48. The number of hydrogen-bond donors (Lipinski definition) is 1. The van der Waals surface area contributed by atoms with Gasteiger partial charge in [0.1, 0.15) is 5.78 Å². The van der Waals surface area contributed by atoms with Crippen LogP contribution in [0.3, 0.4) is 0 Å². The topological polar surface area (TPSA) is 111 Å². The molecule has 0 spiro atoms. The molecule has 0 saturated carbocycles. The summed E-state index contributed by atoms with van der Waals surface area (Å²) in [5.41, 5.74) is 5.91. The largest absolute Gasteiger partial charge is 0.441 e. The Kier molecular flexibility index (Phi) is 10.6. The van der Waals surface area contributed by atoms with Gasteiger partial charge in [0.25, 0.3) is 5.56 Å². The number of para-hydroxylation sites is 1. The van der Waals surface area contributed by atoms with Crippen LogP contribution in [0, 0.1) is 0 Å². The third-order valence-electron chi connectivity index (χ3n) is 6.66. The molecule has 2 heterocycles. The minimum absolute atomic E-state index is 0.0861. The number of nitrogens with zero attached hydrogens (tertiary/aromatic N) is 3. The Bertz CT molecular complexity index is 1220. The van der Waals surface area contributed by atoms with Gasteiger partial charge in [0.05, 0.1) is 22.8 Å². The molecule has 0 aliphatic carbocycles. The van der Waals surface area contributed by atoms with E-state index in [1.54, 1.807) is 36.6 Å². The zero-order chi connectivity index (χ0) is 26.9. The number of aromatic nitrogens is 2. The third-order valence-corrected chi connectivity index (χ3v) is 6.66. The van der Waals surface area contributed by atoms with Crippen LogP contribution in [0.1, 0.15) is 65.2 Å². The van der Waals surface area contributed by atoms with Crippen LogP contribution < -0.4 is 11.3 Å². The van der Waals surface area contributed by atoms with Crippen LogP contribution >= 0.6 is 0 Å². The minimum atomic E-state index is -0.528. The second kappa shape index (κ2) is 13.2. The van der Waals surface area contributed by atoms with Gasteiger partial charge in [-0.3, -0.25) is 19.3 Å². The Labute approximate surface area is 213 Å². The van der Waals surface area contributed by atoms with Gasteiger partial charge in [-0.1, -0.05) is 38.0 Å². The number of rotatable bonds is 11. The van der Waals surface area contributed by atoms with E-state index in [0.29, 0.717) is 35.8 Å². The van der Waals surface area contributed by atoms with Crippen molar-refractivity contribution in [1.29, 1.82) is 0 Å². The van der Waals surface area contributed by atoms with Crippen molar-refractivity contribution in [3.63, 3.8) is 0 Å². The highest BCUT2D eigenvalue weighted by atomic mass is 16.4. The van der Waals surface area contributed by atoms with E-state index in [2.05, 4.69) is 4.98 Å². The summed E-state index contributed by atoms with van der Waals surface area (Å²) in [5.74, 6) is 1.21. The number of hydrogen-bond acceptors (Lipinski definition) is 6. The molecule has 8 heteroatoms. The van der Waals surface area contributed by atoms with Crippen molar-refractivity contribution in [2.45, 2.75) is 71.3 Å². The van der Waals surface area contributed by atoms with Crippen molar-refractivity contribution >= 4 is 22.6 Å². The molecule has 0 aliphatic rings. The lowest BCUT2D eigenvalue weighted by Crippen LogP contribution is -2.49. The molecule has 1 aromatic carbocycles. The van der Waals surface area contributed by atoms with E-state index in [0.717, 1.165) is 43.0 Å². The van der Waals surface area contributed by atoms with Crippen LogP contribution in [0.15, 0.2) is 45.7 Å². The molecule has 3 aromatic rings. The normalized spacial score (nSPS) is 11.4. The number of pyridine rings is 1. The van der Waals surface area contributed by atoms with Gasteiger partial charge < -0.3 is 14.7 Å². The summed E-state index contributed by atoms with van der Waals surface area (Å²) < 4.78 is 7.48. The smallest absolute Gasteiger partial charge is 0.261 e. The summed E-state index contributed by atoms with van der Waals surface area (Å²) in [6.07, 6.45) is 7.72. The number of benzene rings is 1. The van der Waals surface area contributed by atoms with Gasteiger partial charge in [-0.15, -0.1) is 0 Å². The van der Waals surface area contributed by atoms with Crippen molar-refractivity contribution in [3.05, 3.63) is 52.8 Å². The number of aryl methyl sites for hydroxylation is 2. The van der Waals surface area contributed by atoms with E-state index in [1.807, 2.05) is 51.4 Å². The molecule has 0 saturated heterocycles. The first-order valence-electron chi connectivity index (χ1n) is 12.5. The maximum atomic E-state index is 12.7. The lowest BCUT2D eigenvalue weighted by atomic mass is 10.0. The van der Waals surface area contributed by atoms with E-state index >= 15 is 0 Å². The molecule has 0 aliphatic heterocycles. The fourth-order valence-electron chi connectivity index (χ4n) is 3.50. The lowest BCUT2D eigenvalue weighted by Gasteiger charge is -2.28. The van der Waals surface area contributed by atoms with Gasteiger partial charge >= 0.3 is 0 Å². The molecule has 0 bridgehead atoms. The standard InChI is InChI=1S/C22H26N2O3.C6H14N2O/c1-3-17(25)11-6-4-5-7-13-21-23-15-20(27-21)18-14-16-10-8-9-12-19(16)24(2)22(18)26;1-6(2,5(7)9)8(3)4/h8-10,12,14-15H,3-7,11,13H2,1-2H3;1-4H3,(H2,7,9). The average Bonchev–Trinajstić information content (AvgIpc) is 3.32. The molecule has 8 nitrogen and oxygen atoms in total. The number of Topliss-reactive ketones (excluding diaryl/α,β-unsaturated/α-hetero) is 1. The average molecular weight is 497 g/mol. The second-order valence-corrected chi connectivity index (χ2v) is 9.72. The van der Waals surface area contributed by atoms with E-state index in [1.165, 1.54) is 0 Å². The van der Waals surface area contributed by atoms with Crippen molar-refractivity contribution in [2.75, 3.05) is 14.1 Å². The Morgan fingerprint density at radius 1 is 1.11 bits per heavy atom. The van der Waals surface area contributed by atoms with Crippen LogP contribution in [-0.2, 0) is 23.1 Å². The predicted molar refractivity (Wildman–Crippen MR) is 144 cm³/mol. The number of carbonyl (C=O) groups excluding carboxylic acids is 2. The molecule has 36 heavy (non-hydrogen) atoms. The summed E-state index contributed by atoms with van der Waals surface area (Å²) in [6, 6.07) is 9.66. The van der Waals surface area contributed by atoms with Crippen LogP contribution in [0.25, 0.3) is 22.2 Å². The Balaban J connectivity index is 0.000000434. The zero-order valence-corrected chi connectivity index (χ0v) is 22.5. The maximum Gasteiger partial charge on any atom is 0.261 e. The molecule has 1 amide bonds. The zero-order valence-electron chi connectivity index (χ0n) is 22.5. The third kappa shape index (κ3) is 7.62. The first-order valence-corrected chi connectivity index (χ1v) is 12.5. The number of ketones is 1. The van der Waals surface area contributed by atoms with Crippen LogP contribution in [-0.4, -0.2) is 45.8 Å². The molecule has 0 radical (unpaired) electrons. The lowest BCUT2D eigenvalue weighted by molar-refractivity contribution is -0.126. The van der Waals surface area contributed by atoms with E-state index in [-0.39, 0.29) is 11.5 Å². The van der Waals surface area contributed by atoms with Gasteiger partial charge in [-0.2, -0.15) is 0 Å². The number of amides is 1. The molecule has 2 aromatic heterocycles. The van der Waals surface area contributed by atoms with Crippen LogP contribution in [0.2, 0.25) is 0 Å². The summed E-state index contributed by atoms with van der Waals surface area (Å²) >= 11 is 0. The number of nitrogens with two attached hydrogens (primary N) is 1. The molecule has 0 atom stereocenters. The highest BCUT2D eigenvalue weighted by Gasteiger charge is 2.26. The van der Waals surface area contributed by atoms with Crippen molar-refractivity contribution in [2.24, 2.45) is 12.8 Å². The van der Waals surface area contributed by atoms with E-state index in [9.17, 15) is 14.4 Å². The van der Waals surface area contributed by atoms with Crippen molar-refractivity contribution in [3.8, 4) is 11.3 Å². The summed E-state index contributed by atoms with van der Waals surface area (Å²) in [7, 11) is 5.42. The monoisotopic (exact) mass is 496 g/mol. The molecule has 0 unspecified atom stereocenters. The van der Waals surface area contributed by atoms with Crippen molar-refractivity contribution in [1.82, 2.24) is 14.5 Å². The number of fused-ring (bicyclic) bond motifs is 1. The highest BCUT2D eigenvalue weighted by molar-refractivity contribution is 5.84. The van der Waals surface area contributed by atoms with E-state index in [4.69, 9.17) is 10.2 Å². The van der Waals surface area contributed by atoms with Gasteiger partial charge in [0.2, 0.25) is 5.91 Å². The number of unbranched alkanes of at least 4 members (excludes halogenated alkanes) is 3. The fourth-order valence-corrected chi connectivity index (χ4v) is 3.50. The van der Waals surface area contributed by atoms with Crippen LogP contribution in [0.5, 0.6) is 0 Å². The number of carbonyl (C=O) groups is 2. The quantitative estimate of drug-likeness (QED) is 0.392. The minimum Gasteiger partial charge on any atom is -0.441 e. The molecule has 0 fully saturated rings. The number of primary amides is 1. The highest BCUT2D eigenvalue weighted by Crippen LogP contribution is 2.22. The molecule has 196 valence electrons. The van der Waals surface area contributed by atoms with Crippen LogP contribution in [0.4, 0.5) is 0 Å². The van der Waals surface area contributed by atoms with Crippen molar-refractivity contribution < 1.29 is 14.0 Å². The SMILES string of the molecule is CCC(=O)CCCCCCc1ncc(-c2cc3ccccc3n(C)c2=O)o1.CN(C)C(C)(C)C(N)=O. The maximum absolute atomic E-state index is 12.7. The Morgan fingerprint density at radius 2 is 1.78 bits per heavy atom.